The van der Waals surface area contributed by atoms with Gasteiger partial charge in [-0.15, -0.1) is 0 Å². The normalized spacial score (nSPS) is 11.0. The van der Waals surface area contributed by atoms with Crippen molar-refractivity contribution in [3.63, 3.8) is 0 Å². The van der Waals surface area contributed by atoms with Gasteiger partial charge >= 0.3 is 59.1 Å². The summed E-state index contributed by atoms with van der Waals surface area (Å²) >= 11 is 0. The third-order valence-corrected chi connectivity index (χ3v) is 4.96. The molecule has 25 heavy (non-hydrogen) atoms. The van der Waals surface area contributed by atoms with Crippen molar-refractivity contribution in [3.05, 3.63) is 0 Å². The molecule has 0 aliphatic heterocycles. The quantitative estimate of drug-likeness (QED) is 0.210. The van der Waals surface area contributed by atoms with Crippen molar-refractivity contribution in [2.24, 2.45) is 0 Å². The van der Waals surface area contributed by atoms with Crippen LogP contribution in [0.1, 0.15) is 96.8 Å². The average molecular weight is 398 g/mol. The van der Waals surface area contributed by atoms with E-state index in [1.54, 1.807) is 0 Å². The second-order valence-corrected chi connectivity index (χ2v) is 8.20. The zero-order chi connectivity index (χ0) is 17.2. The molecule has 144 valence electrons. The van der Waals surface area contributed by atoms with Crippen LogP contribution in [-0.4, -0.2) is 90.9 Å². The van der Waals surface area contributed by atoms with Crippen LogP contribution >= 0.6 is 0 Å². The minimum atomic E-state index is -3.81. The maximum absolute atomic E-state index is 10.5. The zero-order valence-corrected chi connectivity index (χ0v) is 16.0. The molecule has 0 heterocycles. The molecule has 0 unspecified atom stereocenters. The molecule has 0 aliphatic rings. The summed E-state index contributed by atoms with van der Waals surface area (Å²) in [4.78, 5) is 0. The summed E-state index contributed by atoms with van der Waals surface area (Å²) in [5.41, 5.74) is 0. The molecule has 2 N–H and O–H groups in total. The van der Waals surface area contributed by atoms with Crippen LogP contribution in [0.3, 0.4) is 0 Å². The summed E-state index contributed by atoms with van der Waals surface area (Å²) < 4.78 is 29.6. The standard InChI is InChI=1S/C18H39NO3S.2Na.2H/c1-2-3-4-5-6-7-8-9-10-11-12-13-14-15-16-19-17-18-23(20,21)22;;;;/h19H,2-18H2,1H3,(H,20,21,22);;;;. The Morgan fingerprint density at radius 1 is 0.640 bits per heavy atom. The predicted octanol–water partition coefficient (Wildman–Crippen LogP) is 3.65. The molecule has 4 nitrogen and oxygen atoms in total. The second kappa shape index (κ2) is 23.9. The van der Waals surface area contributed by atoms with Crippen molar-refractivity contribution < 1.29 is 13.0 Å². The molecule has 0 amide bonds. The SMILES string of the molecule is CCCCCCCCCCCCCCCCNCCS(=O)(=O)O.[NaH].[NaH]. The molecule has 0 fully saturated rings. The molecular formula is C18H41NNa2O3S. The number of hydrogen-bond donors (Lipinski definition) is 2. The molecule has 0 spiro atoms. The van der Waals surface area contributed by atoms with Crippen LogP contribution < -0.4 is 5.32 Å². The van der Waals surface area contributed by atoms with E-state index in [1.165, 1.54) is 83.5 Å². The molecule has 0 atom stereocenters. The molecule has 0 radical (unpaired) electrons. The Labute approximate surface area is 201 Å². The van der Waals surface area contributed by atoms with Gasteiger partial charge in [0.1, 0.15) is 0 Å². The van der Waals surface area contributed by atoms with E-state index in [-0.39, 0.29) is 64.9 Å². The van der Waals surface area contributed by atoms with E-state index >= 15 is 0 Å². The minimum absolute atomic E-state index is 0. The molecule has 0 saturated carbocycles. The Balaban J connectivity index is -0.00000242. The van der Waals surface area contributed by atoms with E-state index in [1.807, 2.05) is 0 Å². The van der Waals surface area contributed by atoms with E-state index in [0.29, 0.717) is 6.54 Å². The summed E-state index contributed by atoms with van der Waals surface area (Å²) in [6.45, 7) is 3.45. The first-order valence-corrected chi connectivity index (χ1v) is 11.3. The topological polar surface area (TPSA) is 66.4 Å². The Morgan fingerprint density at radius 2 is 1.00 bits per heavy atom. The fourth-order valence-corrected chi connectivity index (χ4v) is 3.17. The van der Waals surface area contributed by atoms with Gasteiger partial charge in [0.2, 0.25) is 0 Å². The zero-order valence-electron chi connectivity index (χ0n) is 15.2. The van der Waals surface area contributed by atoms with Crippen molar-refractivity contribution >= 4 is 69.2 Å². The van der Waals surface area contributed by atoms with Gasteiger partial charge in [-0.25, -0.2) is 0 Å². The van der Waals surface area contributed by atoms with Crippen LogP contribution in [0.15, 0.2) is 0 Å². The van der Waals surface area contributed by atoms with Crippen LogP contribution in [0, 0.1) is 0 Å². The van der Waals surface area contributed by atoms with Gasteiger partial charge < -0.3 is 5.32 Å². The predicted molar refractivity (Wildman–Crippen MR) is 114 cm³/mol. The molecular weight excluding hydrogens is 356 g/mol. The van der Waals surface area contributed by atoms with E-state index in [9.17, 15) is 8.42 Å². The number of nitrogens with one attached hydrogen (secondary N) is 1. The average Bonchev–Trinajstić information content (AvgIpc) is 2.49. The van der Waals surface area contributed by atoms with Crippen LogP contribution in [0.25, 0.3) is 0 Å². The van der Waals surface area contributed by atoms with E-state index in [2.05, 4.69) is 12.2 Å². The summed E-state index contributed by atoms with van der Waals surface area (Å²) in [5, 5.41) is 3.05. The third-order valence-electron chi connectivity index (χ3n) is 4.24. The molecule has 0 aliphatic carbocycles. The van der Waals surface area contributed by atoms with E-state index in [4.69, 9.17) is 4.55 Å². The van der Waals surface area contributed by atoms with Crippen molar-refractivity contribution in [2.45, 2.75) is 96.8 Å². The van der Waals surface area contributed by atoms with E-state index < -0.39 is 10.1 Å². The molecule has 0 aromatic carbocycles. The first kappa shape index (κ1) is 31.6. The first-order chi connectivity index (χ1) is 11.1. The van der Waals surface area contributed by atoms with Gasteiger partial charge in [-0.3, -0.25) is 4.55 Å². The van der Waals surface area contributed by atoms with Crippen LogP contribution in [-0.2, 0) is 10.1 Å². The van der Waals surface area contributed by atoms with Gasteiger partial charge in [-0.2, -0.15) is 8.42 Å². The van der Waals surface area contributed by atoms with Crippen LogP contribution in [0.5, 0.6) is 0 Å². The van der Waals surface area contributed by atoms with Gasteiger partial charge in [0.15, 0.2) is 0 Å². The van der Waals surface area contributed by atoms with Crippen molar-refractivity contribution in [3.8, 4) is 0 Å². The van der Waals surface area contributed by atoms with Gasteiger partial charge in [-0.05, 0) is 13.0 Å². The molecule has 0 saturated heterocycles. The summed E-state index contributed by atoms with van der Waals surface area (Å²) in [6, 6.07) is 0. The van der Waals surface area contributed by atoms with Gasteiger partial charge in [0, 0.05) is 6.54 Å². The number of rotatable bonds is 18. The Kier molecular flexibility index (Phi) is 30.2. The number of hydrogen-bond acceptors (Lipinski definition) is 3. The first-order valence-electron chi connectivity index (χ1n) is 9.72. The molecule has 0 aromatic rings. The molecule has 7 heteroatoms. The van der Waals surface area contributed by atoms with Gasteiger partial charge in [-0.1, -0.05) is 90.4 Å². The van der Waals surface area contributed by atoms with Gasteiger partial charge in [0.25, 0.3) is 10.1 Å². The second-order valence-electron chi connectivity index (χ2n) is 6.63. The van der Waals surface area contributed by atoms with Gasteiger partial charge in [0.05, 0.1) is 5.75 Å². The number of unbranched alkanes of at least 4 members (excludes halogenated alkanes) is 13. The third kappa shape index (κ3) is 30.8. The van der Waals surface area contributed by atoms with Crippen molar-refractivity contribution in [1.29, 1.82) is 0 Å². The molecule has 0 aromatic heterocycles. The van der Waals surface area contributed by atoms with Crippen LogP contribution in [0.2, 0.25) is 0 Å². The Hall–Kier alpha value is 1.87. The molecule has 0 bridgehead atoms. The fraction of sp³-hybridized carbons (Fsp3) is 1.00. The Bertz CT molecular complexity index is 341. The van der Waals surface area contributed by atoms with Crippen molar-refractivity contribution in [1.82, 2.24) is 5.32 Å². The molecule has 0 rings (SSSR count). The summed E-state index contributed by atoms with van der Waals surface area (Å²) in [6.07, 6.45) is 18.8. The monoisotopic (exact) mass is 397 g/mol. The maximum atomic E-state index is 10.5. The van der Waals surface area contributed by atoms with E-state index in [0.717, 1.165) is 13.0 Å². The van der Waals surface area contributed by atoms with Crippen molar-refractivity contribution in [2.75, 3.05) is 18.8 Å². The summed E-state index contributed by atoms with van der Waals surface area (Å²) in [5.74, 6) is -0.189. The fourth-order valence-electron chi connectivity index (χ4n) is 2.77. The Morgan fingerprint density at radius 3 is 1.36 bits per heavy atom. The summed E-state index contributed by atoms with van der Waals surface area (Å²) in [7, 11) is -3.81. The van der Waals surface area contributed by atoms with Crippen LogP contribution in [0.4, 0.5) is 0 Å².